The van der Waals surface area contributed by atoms with Gasteiger partial charge in [0.25, 0.3) is 5.69 Å². The molecule has 0 heterocycles. The summed E-state index contributed by atoms with van der Waals surface area (Å²) in [6.45, 7) is 5.01. The van der Waals surface area contributed by atoms with Crippen molar-refractivity contribution in [2.75, 3.05) is 11.5 Å². The van der Waals surface area contributed by atoms with Gasteiger partial charge in [0.2, 0.25) is 5.91 Å². The van der Waals surface area contributed by atoms with E-state index in [1.165, 1.54) is 78.9 Å². The molecule has 44 heavy (non-hydrogen) atoms. The van der Waals surface area contributed by atoms with Crippen LogP contribution in [0, 0.1) is 10.1 Å². The number of nitrogens with zero attached hydrogens (tertiary/aromatic N) is 2. The number of amides is 3. The fourth-order valence-electron chi connectivity index (χ4n) is 4.14. The second kappa shape index (κ2) is 14.7. The molecule has 3 aromatic carbocycles. The van der Waals surface area contributed by atoms with Gasteiger partial charge in [-0.25, -0.2) is 14.4 Å². The van der Waals surface area contributed by atoms with Crippen LogP contribution < -0.4 is 15.5 Å². The van der Waals surface area contributed by atoms with E-state index in [1.807, 2.05) is 0 Å². The predicted octanol–water partition coefficient (Wildman–Crippen LogP) is 3.74. The maximum atomic E-state index is 13.3. The summed E-state index contributed by atoms with van der Waals surface area (Å²) in [5, 5.41) is 35.2. The lowest BCUT2D eigenvalue weighted by Gasteiger charge is -2.24. The number of non-ortho nitro benzene ring substituents is 1. The molecular formula is C30H28N4O10. The molecule has 14 heteroatoms. The number of carbonyl (C=O) groups is 5. The molecule has 3 amide bonds. The van der Waals surface area contributed by atoms with Crippen LogP contribution in [-0.2, 0) is 25.5 Å². The third-order valence-corrected chi connectivity index (χ3v) is 6.30. The number of alkyl carbamates (subject to hydrolysis) is 1. The SMILES string of the molecule is C=CCOC(=O)N[C@H](Cc1ccc(N(C(=O)C(=O)O)c2ccccc2C(=O)O)cc1)C(=O)N[C@H](C)c1ccc([N+](=O)[O-])cc1. The summed E-state index contributed by atoms with van der Waals surface area (Å²) in [6, 6.07) is 15.0. The van der Waals surface area contributed by atoms with Crippen LogP contribution in [0.4, 0.5) is 21.9 Å². The number of ether oxygens (including phenoxy) is 1. The van der Waals surface area contributed by atoms with Crippen LogP contribution >= 0.6 is 0 Å². The Morgan fingerprint density at radius 3 is 2.18 bits per heavy atom. The molecule has 0 bridgehead atoms. The van der Waals surface area contributed by atoms with Gasteiger partial charge in [0.1, 0.15) is 12.6 Å². The molecule has 4 N–H and O–H groups in total. The summed E-state index contributed by atoms with van der Waals surface area (Å²) in [6.07, 6.45) is 0.380. The number of carbonyl (C=O) groups excluding carboxylic acids is 3. The predicted molar refractivity (Wildman–Crippen MR) is 156 cm³/mol. The number of carboxylic acid groups (broad SMARTS) is 2. The molecule has 3 rings (SSSR count). The summed E-state index contributed by atoms with van der Waals surface area (Å²) >= 11 is 0. The van der Waals surface area contributed by atoms with Crippen molar-refractivity contribution >= 4 is 46.9 Å². The fraction of sp³-hybridized carbons (Fsp3) is 0.167. The molecule has 0 aliphatic carbocycles. The number of aromatic carboxylic acids is 1. The summed E-state index contributed by atoms with van der Waals surface area (Å²) in [4.78, 5) is 72.7. The van der Waals surface area contributed by atoms with Crippen molar-refractivity contribution in [3.05, 3.63) is 112 Å². The topological polar surface area (TPSA) is 205 Å². The summed E-state index contributed by atoms with van der Waals surface area (Å²) in [5.41, 5.74) is 0.522. The number of aliphatic carboxylic acids is 1. The van der Waals surface area contributed by atoms with Crippen LogP contribution in [0.2, 0.25) is 0 Å². The average Bonchev–Trinajstić information content (AvgIpc) is 3.00. The molecule has 0 saturated heterocycles. The number of para-hydroxylation sites is 1. The number of nitro benzene ring substituents is 1. The first kappa shape index (κ1) is 32.5. The minimum atomic E-state index is -1.81. The Morgan fingerprint density at radius 1 is 0.977 bits per heavy atom. The molecule has 0 aromatic heterocycles. The van der Waals surface area contributed by atoms with Gasteiger partial charge in [-0.05, 0) is 42.3 Å². The van der Waals surface area contributed by atoms with Crippen LogP contribution in [0.1, 0.15) is 34.5 Å². The Hall–Kier alpha value is -6.05. The van der Waals surface area contributed by atoms with Crippen LogP contribution in [0.15, 0.2) is 85.5 Å². The summed E-state index contributed by atoms with van der Waals surface area (Å²) < 4.78 is 4.95. The van der Waals surface area contributed by atoms with E-state index >= 15 is 0 Å². The van der Waals surface area contributed by atoms with Gasteiger partial charge in [0.15, 0.2) is 0 Å². The van der Waals surface area contributed by atoms with Crippen molar-refractivity contribution in [2.24, 2.45) is 0 Å². The van der Waals surface area contributed by atoms with Crippen molar-refractivity contribution in [3.63, 3.8) is 0 Å². The van der Waals surface area contributed by atoms with E-state index in [4.69, 9.17) is 4.74 Å². The van der Waals surface area contributed by atoms with Gasteiger partial charge in [0.05, 0.1) is 22.2 Å². The first-order valence-electron chi connectivity index (χ1n) is 13.0. The van der Waals surface area contributed by atoms with Gasteiger partial charge in [-0.3, -0.25) is 24.6 Å². The van der Waals surface area contributed by atoms with Crippen LogP contribution in [-0.4, -0.2) is 57.6 Å². The Kier molecular flexibility index (Phi) is 10.9. The minimum Gasteiger partial charge on any atom is -0.478 e. The Morgan fingerprint density at radius 2 is 1.61 bits per heavy atom. The minimum absolute atomic E-state index is 0.0426. The standard InChI is InChI=1S/C30H28N4O10/c1-3-16-44-30(41)32-24(26(35)31-18(2)20-10-14-22(15-11-20)34(42)43)17-19-8-12-21(13-9-19)33(27(36)29(39)40)25-7-5-4-6-23(25)28(37)38/h3-15,18,24H,1,16-17H2,2H3,(H,31,35)(H,32,41)(H,37,38)(H,39,40)/t18-,24-/m1/s1. The Bertz CT molecular complexity index is 1570. The third kappa shape index (κ3) is 8.25. The largest absolute Gasteiger partial charge is 0.478 e. The average molecular weight is 605 g/mol. The van der Waals surface area contributed by atoms with Crippen molar-refractivity contribution in [2.45, 2.75) is 25.4 Å². The van der Waals surface area contributed by atoms with E-state index in [1.54, 1.807) is 6.92 Å². The number of nitrogens with one attached hydrogen (secondary N) is 2. The second-order valence-corrected chi connectivity index (χ2v) is 9.30. The highest BCUT2D eigenvalue weighted by atomic mass is 16.6. The van der Waals surface area contributed by atoms with Gasteiger partial charge >= 0.3 is 23.9 Å². The molecule has 0 aliphatic rings. The van der Waals surface area contributed by atoms with Gasteiger partial charge in [-0.15, -0.1) is 0 Å². The summed E-state index contributed by atoms with van der Waals surface area (Å²) in [5.74, 6) is -5.17. The fourth-order valence-corrected chi connectivity index (χ4v) is 4.14. The number of anilines is 2. The lowest BCUT2D eigenvalue weighted by atomic mass is 10.0. The maximum Gasteiger partial charge on any atom is 0.408 e. The third-order valence-electron chi connectivity index (χ3n) is 6.30. The molecule has 228 valence electrons. The number of hydrogen-bond acceptors (Lipinski definition) is 8. The molecule has 2 atom stereocenters. The maximum absolute atomic E-state index is 13.3. The van der Waals surface area contributed by atoms with E-state index in [9.17, 15) is 44.3 Å². The number of rotatable bonds is 12. The van der Waals surface area contributed by atoms with Gasteiger partial charge in [-0.1, -0.05) is 49.1 Å². The molecule has 0 aliphatic heterocycles. The highest BCUT2D eigenvalue weighted by Crippen LogP contribution is 2.30. The number of carboxylic acids is 2. The lowest BCUT2D eigenvalue weighted by Crippen LogP contribution is -2.48. The molecule has 0 saturated carbocycles. The van der Waals surface area contributed by atoms with Gasteiger partial charge in [-0.2, -0.15) is 0 Å². The Balaban J connectivity index is 1.87. The van der Waals surface area contributed by atoms with E-state index in [0.29, 0.717) is 11.1 Å². The van der Waals surface area contributed by atoms with E-state index < -0.39 is 46.9 Å². The zero-order valence-electron chi connectivity index (χ0n) is 23.3. The molecule has 0 fully saturated rings. The highest BCUT2D eigenvalue weighted by molar-refractivity contribution is 6.39. The molecule has 14 nitrogen and oxygen atoms in total. The van der Waals surface area contributed by atoms with Crippen molar-refractivity contribution in [3.8, 4) is 0 Å². The Labute approximate surface area is 250 Å². The molecular weight excluding hydrogens is 576 g/mol. The quantitative estimate of drug-likeness (QED) is 0.102. The normalized spacial score (nSPS) is 11.8. The van der Waals surface area contributed by atoms with Crippen LogP contribution in [0.3, 0.4) is 0 Å². The number of benzene rings is 3. The van der Waals surface area contributed by atoms with Gasteiger partial charge < -0.3 is 25.6 Å². The molecule has 3 aromatic rings. The number of nitro groups is 1. The van der Waals surface area contributed by atoms with Gasteiger partial charge in [0, 0.05) is 24.2 Å². The first-order valence-corrected chi connectivity index (χ1v) is 13.0. The van der Waals surface area contributed by atoms with Crippen LogP contribution in [0.25, 0.3) is 0 Å². The van der Waals surface area contributed by atoms with E-state index in [-0.39, 0.29) is 35.7 Å². The van der Waals surface area contributed by atoms with Crippen molar-refractivity contribution in [1.82, 2.24) is 10.6 Å². The number of hydrogen-bond donors (Lipinski definition) is 4. The smallest absolute Gasteiger partial charge is 0.408 e. The van der Waals surface area contributed by atoms with E-state index in [0.717, 1.165) is 4.90 Å². The molecule has 0 spiro atoms. The second-order valence-electron chi connectivity index (χ2n) is 9.30. The zero-order valence-corrected chi connectivity index (χ0v) is 23.3. The summed E-state index contributed by atoms with van der Waals surface area (Å²) in [7, 11) is 0. The highest BCUT2D eigenvalue weighted by Gasteiger charge is 2.29. The zero-order chi connectivity index (χ0) is 32.4. The van der Waals surface area contributed by atoms with Crippen molar-refractivity contribution < 1.29 is 43.8 Å². The molecule has 0 radical (unpaired) electrons. The van der Waals surface area contributed by atoms with Crippen LogP contribution in [0.5, 0.6) is 0 Å². The first-order chi connectivity index (χ1) is 20.9. The lowest BCUT2D eigenvalue weighted by molar-refractivity contribution is -0.384. The molecule has 0 unspecified atom stereocenters. The monoisotopic (exact) mass is 604 g/mol. The van der Waals surface area contributed by atoms with E-state index in [2.05, 4.69) is 17.2 Å². The van der Waals surface area contributed by atoms with Crippen molar-refractivity contribution in [1.29, 1.82) is 0 Å².